The summed E-state index contributed by atoms with van der Waals surface area (Å²) in [6.45, 7) is 3.59. The van der Waals surface area contributed by atoms with Crippen molar-refractivity contribution in [3.8, 4) is 0 Å². The van der Waals surface area contributed by atoms with Gasteiger partial charge in [-0.3, -0.25) is 9.59 Å². The van der Waals surface area contributed by atoms with Crippen molar-refractivity contribution >= 4 is 11.9 Å². The van der Waals surface area contributed by atoms with Gasteiger partial charge in [-0.1, -0.05) is 0 Å². The molecule has 0 unspecified atom stereocenters. The van der Waals surface area contributed by atoms with Gasteiger partial charge in [0.15, 0.2) is 0 Å². The van der Waals surface area contributed by atoms with Crippen LogP contribution < -0.4 is 0 Å². The third kappa shape index (κ3) is 2.95. The Hall–Kier alpha value is -1.14. The average Bonchev–Trinajstić information content (AvgIpc) is 2.54. The van der Waals surface area contributed by atoms with Crippen molar-refractivity contribution in [1.29, 1.82) is 0 Å². The van der Waals surface area contributed by atoms with Gasteiger partial charge >= 0.3 is 11.9 Å². The molecule has 0 amide bonds. The van der Waals surface area contributed by atoms with Crippen molar-refractivity contribution in [1.82, 2.24) is 0 Å². The molecule has 2 N–H and O–H groups in total. The molecule has 6 nitrogen and oxygen atoms in total. The normalized spacial score (nSPS) is 32.2. The summed E-state index contributed by atoms with van der Waals surface area (Å²) in [7, 11) is 0. The fraction of sp³-hybridized carbons (Fsp3) is 0.818. The molecule has 0 aromatic heterocycles. The van der Waals surface area contributed by atoms with Crippen LogP contribution in [0.15, 0.2) is 0 Å². The highest BCUT2D eigenvalue weighted by Gasteiger charge is 2.51. The molecule has 0 bridgehead atoms. The maximum atomic E-state index is 11.6. The minimum absolute atomic E-state index is 0.0209. The van der Waals surface area contributed by atoms with E-state index in [0.29, 0.717) is 0 Å². The van der Waals surface area contributed by atoms with Gasteiger partial charge in [0.2, 0.25) is 0 Å². The monoisotopic (exact) mass is 246 g/mol. The molecule has 0 aliphatic heterocycles. The first-order chi connectivity index (χ1) is 8.02. The van der Waals surface area contributed by atoms with Gasteiger partial charge in [0, 0.05) is 6.42 Å². The molecular weight excluding hydrogens is 228 g/mol. The van der Waals surface area contributed by atoms with E-state index in [9.17, 15) is 19.8 Å². The highest BCUT2D eigenvalue weighted by Crippen LogP contribution is 2.34. The Bertz CT molecular complexity index is 262. The van der Waals surface area contributed by atoms with Crippen LogP contribution in [-0.4, -0.2) is 47.6 Å². The predicted molar refractivity (Wildman–Crippen MR) is 56.9 cm³/mol. The Morgan fingerprint density at radius 3 is 1.65 bits per heavy atom. The summed E-state index contributed by atoms with van der Waals surface area (Å²) in [5.74, 6) is -3.42. The van der Waals surface area contributed by atoms with E-state index < -0.39 is 36.0 Å². The molecule has 1 aliphatic carbocycles. The second kappa shape index (κ2) is 5.97. The van der Waals surface area contributed by atoms with E-state index in [-0.39, 0.29) is 19.6 Å². The van der Waals surface area contributed by atoms with Crippen LogP contribution in [-0.2, 0) is 19.1 Å². The summed E-state index contributed by atoms with van der Waals surface area (Å²) in [6.07, 6.45) is -2.16. The summed E-state index contributed by atoms with van der Waals surface area (Å²) >= 11 is 0. The van der Waals surface area contributed by atoms with E-state index in [2.05, 4.69) is 0 Å². The van der Waals surface area contributed by atoms with Crippen molar-refractivity contribution in [3.05, 3.63) is 0 Å². The molecule has 1 fully saturated rings. The Morgan fingerprint density at radius 2 is 1.35 bits per heavy atom. The number of hydrogen-bond acceptors (Lipinski definition) is 6. The Kier molecular flexibility index (Phi) is 4.89. The molecule has 1 rings (SSSR count). The maximum Gasteiger partial charge on any atom is 0.312 e. The van der Waals surface area contributed by atoms with Gasteiger partial charge in [-0.15, -0.1) is 0 Å². The standard InChI is InChI=1S/C11H18O6/c1-3-16-10(14)8-6(12)5-7(13)9(8)11(15)17-4-2/h6-9,12-13H,3-5H2,1-2H3/t6-,7-,8+,9+/m0/s1. The molecule has 0 spiro atoms. The van der Waals surface area contributed by atoms with Crippen molar-refractivity contribution < 1.29 is 29.3 Å². The van der Waals surface area contributed by atoms with E-state index in [1.165, 1.54) is 0 Å². The van der Waals surface area contributed by atoms with Gasteiger partial charge in [0.05, 0.1) is 37.3 Å². The Balaban J connectivity index is 2.82. The van der Waals surface area contributed by atoms with Gasteiger partial charge in [-0.2, -0.15) is 0 Å². The Morgan fingerprint density at radius 1 is 1.00 bits per heavy atom. The molecule has 1 aliphatic rings. The predicted octanol–water partition coefficient (Wildman–Crippen LogP) is -0.530. The van der Waals surface area contributed by atoms with Gasteiger partial charge in [0.1, 0.15) is 0 Å². The fourth-order valence-corrected chi connectivity index (χ4v) is 2.10. The van der Waals surface area contributed by atoms with E-state index in [1.807, 2.05) is 0 Å². The van der Waals surface area contributed by atoms with Crippen molar-refractivity contribution in [2.24, 2.45) is 11.8 Å². The zero-order valence-corrected chi connectivity index (χ0v) is 9.96. The summed E-state index contributed by atoms with van der Waals surface area (Å²) in [5.41, 5.74) is 0. The largest absolute Gasteiger partial charge is 0.466 e. The number of esters is 2. The highest BCUT2D eigenvalue weighted by atomic mass is 16.5. The van der Waals surface area contributed by atoms with Gasteiger partial charge in [-0.25, -0.2) is 0 Å². The van der Waals surface area contributed by atoms with E-state index in [1.54, 1.807) is 13.8 Å². The minimum atomic E-state index is -1.07. The molecule has 98 valence electrons. The number of rotatable bonds is 4. The van der Waals surface area contributed by atoms with Crippen molar-refractivity contribution in [2.75, 3.05) is 13.2 Å². The maximum absolute atomic E-state index is 11.6. The van der Waals surface area contributed by atoms with Crippen LogP contribution in [0.1, 0.15) is 20.3 Å². The van der Waals surface area contributed by atoms with E-state index in [0.717, 1.165) is 0 Å². The lowest BCUT2D eigenvalue weighted by molar-refractivity contribution is -0.164. The topological polar surface area (TPSA) is 93.1 Å². The lowest BCUT2D eigenvalue weighted by atomic mass is 9.94. The van der Waals surface area contributed by atoms with Gasteiger partial charge < -0.3 is 19.7 Å². The van der Waals surface area contributed by atoms with Crippen molar-refractivity contribution in [2.45, 2.75) is 32.5 Å². The van der Waals surface area contributed by atoms with E-state index in [4.69, 9.17) is 9.47 Å². The number of hydrogen-bond donors (Lipinski definition) is 2. The number of aliphatic hydroxyl groups is 2. The summed E-state index contributed by atoms with van der Waals surface area (Å²) < 4.78 is 9.57. The summed E-state index contributed by atoms with van der Waals surface area (Å²) in [4.78, 5) is 23.2. The van der Waals surface area contributed by atoms with Crippen LogP contribution in [0.4, 0.5) is 0 Å². The van der Waals surface area contributed by atoms with Crippen LogP contribution in [0.5, 0.6) is 0 Å². The number of carbonyl (C=O) groups excluding carboxylic acids is 2. The van der Waals surface area contributed by atoms with Crippen LogP contribution in [0, 0.1) is 11.8 Å². The number of carbonyl (C=O) groups is 2. The third-order valence-corrected chi connectivity index (χ3v) is 2.82. The van der Waals surface area contributed by atoms with E-state index >= 15 is 0 Å². The molecule has 4 atom stereocenters. The van der Waals surface area contributed by atoms with Crippen LogP contribution in [0.25, 0.3) is 0 Å². The van der Waals surface area contributed by atoms with Crippen LogP contribution in [0.2, 0.25) is 0 Å². The second-order valence-electron chi connectivity index (χ2n) is 3.93. The lowest BCUT2D eigenvalue weighted by Gasteiger charge is -2.20. The number of ether oxygens (including phenoxy) is 2. The fourth-order valence-electron chi connectivity index (χ4n) is 2.10. The first kappa shape index (κ1) is 13.9. The molecule has 0 radical (unpaired) electrons. The minimum Gasteiger partial charge on any atom is -0.466 e. The zero-order chi connectivity index (χ0) is 13.0. The first-order valence-corrected chi connectivity index (χ1v) is 5.72. The van der Waals surface area contributed by atoms with Crippen molar-refractivity contribution in [3.63, 3.8) is 0 Å². The molecule has 17 heavy (non-hydrogen) atoms. The molecule has 6 heteroatoms. The quantitative estimate of drug-likeness (QED) is 0.648. The average molecular weight is 246 g/mol. The summed E-state index contributed by atoms with van der Waals surface area (Å²) in [5, 5.41) is 19.4. The molecular formula is C11H18O6. The summed E-state index contributed by atoms with van der Waals surface area (Å²) in [6, 6.07) is 0. The SMILES string of the molecule is CCOC(=O)[C@H]1[C@H](C(=O)OCC)[C@@H](O)C[C@@H]1O. The van der Waals surface area contributed by atoms with Gasteiger partial charge in [0.25, 0.3) is 0 Å². The first-order valence-electron chi connectivity index (χ1n) is 5.72. The van der Waals surface area contributed by atoms with Gasteiger partial charge in [-0.05, 0) is 13.8 Å². The molecule has 1 saturated carbocycles. The third-order valence-electron chi connectivity index (χ3n) is 2.82. The molecule has 0 heterocycles. The molecule has 0 saturated heterocycles. The van der Waals surface area contributed by atoms with Crippen LogP contribution >= 0.6 is 0 Å². The lowest BCUT2D eigenvalue weighted by Crippen LogP contribution is -2.37. The second-order valence-corrected chi connectivity index (χ2v) is 3.93. The smallest absolute Gasteiger partial charge is 0.312 e. The highest BCUT2D eigenvalue weighted by molar-refractivity contribution is 5.84. The Labute approximate surface area is 99.5 Å². The van der Waals surface area contributed by atoms with Crippen LogP contribution in [0.3, 0.4) is 0 Å². The molecule has 0 aromatic carbocycles. The number of aliphatic hydroxyl groups excluding tert-OH is 2. The molecule has 0 aromatic rings. The zero-order valence-electron chi connectivity index (χ0n) is 9.96.